The molecule has 2 amide bonds. The highest BCUT2D eigenvalue weighted by molar-refractivity contribution is 7.99. The molecule has 0 saturated heterocycles. The first-order valence-electron chi connectivity index (χ1n) is 6.84. The van der Waals surface area contributed by atoms with Crippen LogP contribution in [-0.4, -0.2) is 11.8 Å². The summed E-state index contributed by atoms with van der Waals surface area (Å²) in [6, 6.07) is 12.1. The number of urea groups is 1. The van der Waals surface area contributed by atoms with Crippen LogP contribution in [0.4, 0.5) is 16.2 Å². The molecule has 22 heavy (non-hydrogen) atoms. The van der Waals surface area contributed by atoms with Crippen LogP contribution in [-0.2, 0) is 0 Å². The van der Waals surface area contributed by atoms with Gasteiger partial charge in [-0.25, -0.2) is 4.79 Å². The van der Waals surface area contributed by atoms with Crippen molar-refractivity contribution < 1.29 is 4.79 Å². The fourth-order valence-electron chi connectivity index (χ4n) is 1.77. The number of amides is 2. The van der Waals surface area contributed by atoms with Crippen molar-refractivity contribution >= 4 is 52.4 Å². The molecular formula is C16H16Cl2N2OS. The zero-order valence-corrected chi connectivity index (χ0v) is 14.4. The molecule has 2 rings (SSSR count). The number of nitrogens with one attached hydrogen (secondary N) is 2. The van der Waals surface area contributed by atoms with E-state index < -0.39 is 0 Å². The van der Waals surface area contributed by atoms with Crippen molar-refractivity contribution in [1.82, 2.24) is 0 Å². The Bertz CT molecular complexity index is 664. The molecule has 0 unspecified atom stereocenters. The molecule has 2 aromatic rings. The molecule has 0 bridgehead atoms. The SMILES string of the molecule is CCCSc1ccc(NC(=O)Nc2cccc(Cl)c2)cc1Cl. The van der Waals surface area contributed by atoms with Gasteiger partial charge in [-0.3, -0.25) is 0 Å². The Hall–Kier alpha value is -1.36. The molecule has 0 heterocycles. The second kappa shape index (κ2) is 8.32. The van der Waals surface area contributed by atoms with E-state index in [1.165, 1.54) is 0 Å². The highest BCUT2D eigenvalue weighted by atomic mass is 35.5. The maximum Gasteiger partial charge on any atom is 0.323 e. The van der Waals surface area contributed by atoms with Gasteiger partial charge in [0.15, 0.2) is 0 Å². The van der Waals surface area contributed by atoms with Gasteiger partial charge >= 0.3 is 6.03 Å². The van der Waals surface area contributed by atoms with E-state index in [9.17, 15) is 4.79 Å². The largest absolute Gasteiger partial charge is 0.323 e. The molecule has 3 nitrogen and oxygen atoms in total. The monoisotopic (exact) mass is 354 g/mol. The summed E-state index contributed by atoms with van der Waals surface area (Å²) in [5.74, 6) is 1.02. The summed E-state index contributed by atoms with van der Waals surface area (Å²) in [6.07, 6.45) is 1.09. The first kappa shape index (κ1) is 17.0. The van der Waals surface area contributed by atoms with Crippen molar-refractivity contribution in [3.63, 3.8) is 0 Å². The van der Waals surface area contributed by atoms with E-state index >= 15 is 0 Å². The second-order valence-electron chi connectivity index (χ2n) is 4.58. The molecule has 0 saturated carbocycles. The van der Waals surface area contributed by atoms with Gasteiger partial charge in [0.1, 0.15) is 0 Å². The van der Waals surface area contributed by atoms with E-state index in [0.717, 1.165) is 17.1 Å². The molecule has 0 aliphatic rings. The predicted molar refractivity (Wildman–Crippen MR) is 96.6 cm³/mol. The fourth-order valence-corrected chi connectivity index (χ4v) is 3.09. The van der Waals surface area contributed by atoms with Gasteiger partial charge in [-0.15, -0.1) is 11.8 Å². The van der Waals surface area contributed by atoms with Crippen molar-refractivity contribution in [1.29, 1.82) is 0 Å². The maximum atomic E-state index is 11.9. The first-order chi connectivity index (χ1) is 10.6. The summed E-state index contributed by atoms with van der Waals surface area (Å²) in [5.41, 5.74) is 1.27. The minimum absolute atomic E-state index is 0.340. The predicted octanol–water partition coefficient (Wildman–Crippen LogP) is 6.14. The number of anilines is 2. The van der Waals surface area contributed by atoms with E-state index in [1.54, 1.807) is 42.1 Å². The second-order valence-corrected chi connectivity index (χ2v) is 6.56. The summed E-state index contributed by atoms with van der Waals surface area (Å²) < 4.78 is 0. The normalized spacial score (nSPS) is 10.3. The van der Waals surface area contributed by atoms with Crippen LogP contribution in [0.5, 0.6) is 0 Å². The Morgan fingerprint density at radius 3 is 2.45 bits per heavy atom. The van der Waals surface area contributed by atoms with E-state index in [-0.39, 0.29) is 6.03 Å². The fraction of sp³-hybridized carbons (Fsp3) is 0.188. The van der Waals surface area contributed by atoms with Crippen LogP contribution in [0.2, 0.25) is 10.0 Å². The average Bonchev–Trinajstić information content (AvgIpc) is 2.46. The van der Waals surface area contributed by atoms with E-state index in [1.807, 2.05) is 12.1 Å². The topological polar surface area (TPSA) is 41.1 Å². The van der Waals surface area contributed by atoms with Crippen molar-refractivity contribution in [2.75, 3.05) is 16.4 Å². The number of rotatable bonds is 5. The lowest BCUT2D eigenvalue weighted by Gasteiger charge is -2.10. The van der Waals surface area contributed by atoms with E-state index in [0.29, 0.717) is 21.4 Å². The molecule has 0 spiro atoms. The van der Waals surface area contributed by atoms with E-state index in [2.05, 4.69) is 17.6 Å². The van der Waals surface area contributed by atoms with Crippen LogP contribution in [0.25, 0.3) is 0 Å². The number of thioether (sulfide) groups is 1. The third-order valence-corrected chi connectivity index (χ3v) is 4.67. The van der Waals surface area contributed by atoms with Crippen molar-refractivity contribution in [2.45, 2.75) is 18.2 Å². The first-order valence-corrected chi connectivity index (χ1v) is 8.58. The van der Waals surface area contributed by atoms with Gasteiger partial charge < -0.3 is 10.6 Å². The van der Waals surface area contributed by atoms with Gasteiger partial charge in [0.2, 0.25) is 0 Å². The van der Waals surface area contributed by atoms with Gasteiger partial charge in [-0.2, -0.15) is 0 Å². The molecule has 0 radical (unpaired) electrons. The Morgan fingerprint density at radius 1 is 1.09 bits per heavy atom. The van der Waals surface area contributed by atoms with Gasteiger partial charge in [-0.05, 0) is 48.6 Å². The quantitative estimate of drug-likeness (QED) is 0.633. The zero-order chi connectivity index (χ0) is 15.9. The minimum atomic E-state index is -0.340. The minimum Gasteiger partial charge on any atom is -0.308 e. The Balaban J connectivity index is 1.98. The maximum absolute atomic E-state index is 11.9. The number of benzene rings is 2. The van der Waals surface area contributed by atoms with Crippen LogP contribution in [0.15, 0.2) is 47.4 Å². The lowest BCUT2D eigenvalue weighted by molar-refractivity contribution is 0.262. The lowest BCUT2D eigenvalue weighted by Crippen LogP contribution is -2.19. The standard InChI is InChI=1S/C16H16Cl2N2OS/c1-2-8-22-15-7-6-13(10-14(15)18)20-16(21)19-12-5-3-4-11(17)9-12/h3-7,9-10H,2,8H2,1H3,(H2,19,20,21). The van der Waals surface area contributed by atoms with Gasteiger partial charge in [-0.1, -0.05) is 36.2 Å². The molecule has 0 fully saturated rings. The average molecular weight is 355 g/mol. The van der Waals surface area contributed by atoms with Crippen LogP contribution < -0.4 is 10.6 Å². The molecule has 0 atom stereocenters. The van der Waals surface area contributed by atoms with Crippen molar-refractivity contribution in [2.24, 2.45) is 0 Å². The highest BCUT2D eigenvalue weighted by Crippen LogP contribution is 2.30. The Labute approximate surface area is 144 Å². The number of hydrogen-bond donors (Lipinski definition) is 2. The van der Waals surface area contributed by atoms with Gasteiger partial charge in [0, 0.05) is 21.3 Å². The molecule has 2 N–H and O–H groups in total. The van der Waals surface area contributed by atoms with Gasteiger partial charge in [0.25, 0.3) is 0 Å². The summed E-state index contributed by atoms with van der Waals surface area (Å²) in [6.45, 7) is 2.12. The Kier molecular flexibility index (Phi) is 6.43. The van der Waals surface area contributed by atoms with Crippen LogP contribution in [0, 0.1) is 0 Å². The van der Waals surface area contributed by atoms with Gasteiger partial charge in [0.05, 0.1) is 5.02 Å². The molecule has 116 valence electrons. The number of carbonyl (C=O) groups excluding carboxylic acids is 1. The third-order valence-electron chi connectivity index (χ3n) is 2.73. The highest BCUT2D eigenvalue weighted by Gasteiger charge is 2.06. The smallest absolute Gasteiger partial charge is 0.308 e. The summed E-state index contributed by atoms with van der Waals surface area (Å²) in [4.78, 5) is 13.0. The summed E-state index contributed by atoms with van der Waals surface area (Å²) in [7, 11) is 0. The molecule has 6 heteroatoms. The number of halogens is 2. The zero-order valence-electron chi connectivity index (χ0n) is 12.0. The van der Waals surface area contributed by atoms with Crippen LogP contribution >= 0.6 is 35.0 Å². The number of carbonyl (C=O) groups is 1. The molecule has 0 aliphatic carbocycles. The Morgan fingerprint density at radius 2 is 1.82 bits per heavy atom. The molecule has 2 aromatic carbocycles. The van der Waals surface area contributed by atoms with Crippen molar-refractivity contribution in [3.05, 3.63) is 52.5 Å². The molecule has 0 aromatic heterocycles. The van der Waals surface area contributed by atoms with Crippen molar-refractivity contribution in [3.8, 4) is 0 Å². The van der Waals surface area contributed by atoms with Crippen LogP contribution in [0.3, 0.4) is 0 Å². The van der Waals surface area contributed by atoms with Crippen LogP contribution in [0.1, 0.15) is 13.3 Å². The van der Waals surface area contributed by atoms with E-state index in [4.69, 9.17) is 23.2 Å². The number of hydrogen-bond acceptors (Lipinski definition) is 2. The summed E-state index contributed by atoms with van der Waals surface area (Å²) in [5, 5.41) is 6.67. The third kappa shape index (κ3) is 5.13. The molecule has 0 aliphatic heterocycles. The molecular weight excluding hydrogens is 339 g/mol. The lowest BCUT2D eigenvalue weighted by atomic mass is 10.3. The summed E-state index contributed by atoms with van der Waals surface area (Å²) >= 11 is 13.8.